The van der Waals surface area contributed by atoms with E-state index in [1.165, 1.54) is 12.1 Å². The van der Waals surface area contributed by atoms with Crippen LogP contribution in [0.25, 0.3) is 6.08 Å². The van der Waals surface area contributed by atoms with E-state index in [0.29, 0.717) is 31.7 Å². The Labute approximate surface area is 224 Å². The quantitative estimate of drug-likeness (QED) is 0.267. The highest BCUT2D eigenvalue weighted by Crippen LogP contribution is 2.32. The topological polar surface area (TPSA) is 68.2 Å². The smallest absolute Gasteiger partial charge is 0.330 e. The zero-order valence-corrected chi connectivity index (χ0v) is 22.5. The molecule has 8 heteroatoms. The maximum atomic E-state index is 13.9. The number of hydrogen-bond acceptors (Lipinski definition) is 6. The third-order valence-corrected chi connectivity index (χ3v) is 6.91. The van der Waals surface area contributed by atoms with E-state index >= 15 is 0 Å². The fourth-order valence-corrected chi connectivity index (χ4v) is 4.94. The fourth-order valence-electron chi connectivity index (χ4n) is 4.82. The molecule has 3 rings (SSSR count). The summed E-state index contributed by atoms with van der Waals surface area (Å²) in [5, 5.41) is 11.0. The van der Waals surface area contributed by atoms with Crippen LogP contribution in [0.2, 0.25) is 5.02 Å². The molecule has 1 fully saturated rings. The van der Waals surface area contributed by atoms with Crippen LogP contribution in [0.15, 0.2) is 42.5 Å². The molecule has 1 aliphatic heterocycles. The standard InChI is InChI=1S/C29H37ClFNO5/c1-4-27(23-9-6-10-28(35-3)24(23)12-14-29(34)36-5-2)37-19-22(33)18-32-15-7-8-21(32)16-20-11-13-25(30)26(31)17-20/h6,9-14,17,21-22,27,33H,4-5,7-8,15-16,18-19H2,1-3H3/t21-,22+,27+/m0/s1. The first-order chi connectivity index (χ1) is 17.9. The molecule has 0 spiro atoms. The number of hydrogen-bond donors (Lipinski definition) is 1. The zero-order valence-electron chi connectivity index (χ0n) is 21.8. The molecule has 3 atom stereocenters. The predicted molar refractivity (Wildman–Crippen MR) is 143 cm³/mol. The third-order valence-electron chi connectivity index (χ3n) is 6.60. The summed E-state index contributed by atoms with van der Waals surface area (Å²) >= 11 is 5.82. The Kier molecular flexibility index (Phi) is 11.4. The molecular formula is C29H37ClFNO5. The first-order valence-corrected chi connectivity index (χ1v) is 13.2. The van der Waals surface area contributed by atoms with Crippen molar-refractivity contribution in [1.29, 1.82) is 0 Å². The van der Waals surface area contributed by atoms with Crippen molar-refractivity contribution in [2.75, 3.05) is 33.4 Å². The van der Waals surface area contributed by atoms with E-state index in [9.17, 15) is 14.3 Å². The Bertz CT molecular complexity index is 1060. The molecule has 0 saturated carbocycles. The van der Waals surface area contributed by atoms with Crippen LogP contribution in [0.1, 0.15) is 55.9 Å². The molecule has 0 unspecified atom stereocenters. The minimum absolute atomic E-state index is 0.126. The van der Waals surface area contributed by atoms with Gasteiger partial charge in [-0.15, -0.1) is 0 Å². The molecule has 1 saturated heterocycles. The molecule has 1 N–H and O–H groups in total. The van der Waals surface area contributed by atoms with Crippen molar-refractivity contribution in [1.82, 2.24) is 4.90 Å². The van der Waals surface area contributed by atoms with Gasteiger partial charge in [0.25, 0.3) is 0 Å². The number of aliphatic hydroxyl groups is 1. The predicted octanol–water partition coefficient (Wildman–Crippen LogP) is 5.60. The van der Waals surface area contributed by atoms with Crippen molar-refractivity contribution in [2.45, 2.75) is 57.8 Å². The average Bonchev–Trinajstić information content (AvgIpc) is 3.31. The van der Waals surface area contributed by atoms with E-state index < -0.39 is 17.9 Å². The molecule has 0 aliphatic carbocycles. The van der Waals surface area contributed by atoms with Crippen molar-refractivity contribution in [2.24, 2.45) is 0 Å². The Balaban J connectivity index is 1.63. The normalized spacial score (nSPS) is 17.7. The number of nitrogens with zero attached hydrogens (tertiary/aromatic N) is 1. The largest absolute Gasteiger partial charge is 0.496 e. The van der Waals surface area contributed by atoms with Gasteiger partial charge in [0.1, 0.15) is 11.6 Å². The number of ether oxygens (including phenoxy) is 3. The number of rotatable bonds is 13. The lowest BCUT2D eigenvalue weighted by molar-refractivity contribution is -0.137. The van der Waals surface area contributed by atoms with E-state index in [1.807, 2.05) is 31.2 Å². The van der Waals surface area contributed by atoms with Gasteiger partial charge in [0.05, 0.1) is 37.6 Å². The average molecular weight is 534 g/mol. The summed E-state index contributed by atoms with van der Waals surface area (Å²) in [4.78, 5) is 14.1. The maximum absolute atomic E-state index is 13.9. The number of methoxy groups -OCH3 is 1. The lowest BCUT2D eigenvalue weighted by Gasteiger charge is -2.28. The number of halogens is 2. The molecule has 202 valence electrons. The van der Waals surface area contributed by atoms with Crippen LogP contribution >= 0.6 is 11.6 Å². The zero-order chi connectivity index (χ0) is 26.8. The van der Waals surface area contributed by atoms with E-state index in [4.69, 9.17) is 25.8 Å². The highest BCUT2D eigenvalue weighted by Gasteiger charge is 2.27. The van der Waals surface area contributed by atoms with Crippen molar-refractivity contribution < 1.29 is 28.5 Å². The van der Waals surface area contributed by atoms with E-state index in [0.717, 1.165) is 36.1 Å². The molecule has 0 aromatic heterocycles. The van der Waals surface area contributed by atoms with E-state index in [1.54, 1.807) is 26.2 Å². The van der Waals surface area contributed by atoms with Gasteiger partial charge >= 0.3 is 5.97 Å². The number of aliphatic hydroxyl groups excluding tert-OH is 1. The van der Waals surface area contributed by atoms with Gasteiger partial charge in [0, 0.05) is 24.2 Å². The van der Waals surface area contributed by atoms with Crippen LogP contribution in [0.5, 0.6) is 5.75 Å². The van der Waals surface area contributed by atoms with Crippen LogP contribution in [0.3, 0.4) is 0 Å². The van der Waals surface area contributed by atoms with Gasteiger partial charge in [-0.05, 0) is 74.6 Å². The minimum Gasteiger partial charge on any atom is -0.496 e. The van der Waals surface area contributed by atoms with Gasteiger partial charge in [0.15, 0.2) is 0 Å². The first kappa shape index (κ1) is 29.1. The van der Waals surface area contributed by atoms with Crippen molar-refractivity contribution in [3.63, 3.8) is 0 Å². The second-order valence-electron chi connectivity index (χ2n) is 9.18. The number of β-amino-alcohol motifs (C(OH)–C–C–N with tert-alkyl or cyclic N) is 1. The van der Waals surface area contributed by atoms with Gasteiger partial charge in [-0.3, -0.25) is 4.90 Å². The molecule has 37 heavy (non-hydrogen) atoms. The second kappa shape index (κ2) is 14.5. The van der Waals surface area contributed by atoms with Crippen LogP contribution in [0.4, 0.5) is 4.39 Å². The van der Waals surface area contributed by atoms with Gasteiger partial charge in [-0.25, -0.2) is 9.18 Å². The number of likely N-dealkylation sites (tertiary alicyclic amines) is 1. The summed E-state index contributed by atoms with van der Waals surface area (Å²) in [5.41, 5.74) is 2.52. The van der Waals surface area contributed by atoms with E-state index in [-0.39, 0.29) is 23.8 Å². The lowest BCUT2D eigenvalue weighted by Crippen LogP contribution is -2.39. The molecule has 2 aromatic carbocycles. The summed E-state index contributed by atoms with van der Waals surface area (Å²) in [5.74, 6) is -0.207. The van der Waals surface area contributed by atoms with Crippen molar-refractivity contribution in [3.05, 3.63) is 70.0 Å². The van der Waals surface area contributed by atoms with Crippen molar-refractivity contribution in [3.8, 4) is 5.75 Å². The number of esters is 1. The Morgan fingerprint density at radius 2 is 2.11 bits per heavy atom. The molecule has 2 aromatic rings. The minimum atomic E-state index is -0.680. The number of carbonyl (C=O) groups is 1. The van der Waals surface area contributed by atoms with Crippen LogP contribution < -0.4 is 4.74 Å². The van der Waals surface area contributed by atoms with Crippen LogP contribution in [0, 0.1) is 5.82 Å². The molecule has 0 bridgehead atoms. The summed E-state index contributed by atoms with van der Waals surface area (Å²) in [6.07, 6.45) is 5.50. The molecule has 0 radical (unpaired) electrons. The molecule has 6 nitrogen and oxygen atoms in total. The van der Waals surface area contributed by atoms with Crippen molar-refractivity contribution >= 4 is 23.6 Å². The van der Waals surface area contributed by atoms with Gasteiger partial charge in [-0.2, -0.15) is 0 Å². The summed E-state index contributed by atoms with van der Waals surface area (Å²) in [6.45, 7) is 5.59. The highest BCUT2D eigenvalue weighted by atomic mass is 35.5. The SMILES string of the molecule is CCOC(=O)C=Cc1c(OC)cccc1[C@@H](CC)OC[C@H](O)CN1CCC[C@H]1Cc1ccc(Cl)c(F)c1. The summed E-state index contributed by atoms with van der Waals surface area (Å²) in [7, 11) is 1.58. The molecule has 1 aliphatic rings. The monoisotopic (exact) mass is 533 g/mol. The molecular weight excluding hydrogens is 497 g/mol. The third kappa shape index (κ3) is 8.27. The van der Waals surface area contributed by atoms with E-state index in [2.05, 4.69) is 4.90 Å². The molecule has 0 amide bonds. The summed E-state index contributed by atoms with van der Waals surface area (Å²) in [6, 6.07) is 10.8. The van der Waals surface area contributed by atoms with Crippen LogP contribution in [-0.4, -0.2) is 61.5 Å². The Hall–Kier alpha value is -2.45. The highest BCUT2D eigenvalue weighted by molar-refractivity contribution is 6.30. The van der Waals surface area contributed by atoms with Crippen LogP contribution in [-0.2, 0) is 20.7 Å². The van der Waals surface area contributed by atoms with Gasteiger partial charge < -0.3 is 19.3 Å². The fraction of sp³-hybridized carbons (Fsp3) is 0.483. The maximum Gasteiger partial charge on any atom is 0.330 e. The number of carbonyl (C=O) groups excluding carboxylic acids is 1. The van der Waals surface area contributed by atoms with Gasteiger partial charge in [0.2, 0.25) is 0 Å². The second-order valence-corrected chi connectivity index (χ2v) is 9.58. The Morgan fingerprint density at radius 3 is 2.81 bits per heavy atom. The first-order valence-electron chi connectivity index (χ1n) is 12.9. The Morgan fingerprint density at radius 1 is 1.30 bits per heavy atom. The number of benzene rings is 2. The molecule has 1 heterocycles. The summed E-state index contributed by atoms with van der Waals surface area (Å²) < 4.78 is 30.6. The van der Waals surface area contributed by atoms with Gasteiger partial charge in [-0.1, -0.05) is 36.7 Å². The lowest BCUT2D eigenvalue weighted by atomic mass is 9.99.